The molecule has 0 atom stereocenters. The number of nitrogens with zero attached hydrogens (tertiary/aromatic N) is 3. The zero-order chi connectivity index (χ0) is 14.6. The Kier molecular flexibility index (Phi) is 4.33. The van der Waals surface area contributed by atoms with Gasteiger partial charge in [0.25, 0.3) is 0 Å². The Bertz CT molecular complexity index is 484. The SMILES string of the molecule is CCCNc1ncc([N+](=O)[O-])c(NC2(CO)CCC2)n1. The van der Waals surface area contributed by atoms with Crippen molar-refractivity contribution in [3.05, 3.63) is 16.3 Å². The summed E-state index contributed by atoms with van der Waals surface area (Å²) in [5, 5.41) is 26.5. The van der Waals surface area contributed by atoms with E-state index in [9.17, 15) is 15.2 Å². The standard InChI is InChI=1S/C12H19N5O3/c1-2-6-13-11-14-7-9(17(19)20)10(15-11)16-12(8-18)4-3-5-12/h7,18H,2-6,8H2,1H3,(H2,13,14,15,16). The van der Waals surface area contributed by atoms with Crippen LogP contribution >= 0.6 is 0 Å². The number of hydrogen-bond acceptors (Lipinski definition) is 7. The van der Waals surface area contributed by atoms with Crippen molar-refractivity contribution >= 4 is 17.5 Å². The summed E-state index contributed by atoms with van der Waals surface area (Å²) in [6.07, 6.45) is 4.65. The van der Waals surface area contributed by atoms with Crippen LogP contribution in [0, 0.1) is 10.1 Å². The summed E-state index contributed by atoms with van der Waals surface area (Å²) in [4.78, 5) is 18.6. The van der Waals surface area contributed by atoms with Crippen LogP contribution < -0.4 is 10.6 Å². The van der Waals surface area contributed by atoms with Crippen LogP contribution in [0.25, 0.3) is 0 Å². The highest BCUT2D eigenvalue weighted by atomic mass is 16.6. The Balaban J connectivity index is 2.24. The fraction of sp³-hybridized carbons (Fsp3) is 0.667. The summed E-state index contributed by atoms with van der Waals surface area (Å²) in [7, 11) is 0. The van der Waals surface area contributed by atoms with Gasteiger partial charge in [0.05, 0.1) is 17.1 Å². The first-order valence-electron chi connectivity index (χ1n) is 6.74. The van der Waals surface area contributed by atoms with Crippen molar-refractivity contribution in [2.75, 3.05) is 23.8 Å². The molecule has 0 saturated heterocycles. The summed E-state index contributed by atoms with van der Waals surface area (Å²) in [6.45, 7) is 2.64. The van der Waals surface area contributed by atoms with Gasteiger partial charge in [-0.15, -0.1) is 0 Å². The van der Waals surface area contributed by atoms with Crippen LogP contribution in [0.15, 0.2) is 6.20 Å². The van der Waals surface area contributed by atoms with Crippen molar-refractivity contribution < 1.29 is 10.0 Å². The molecule has 3 N–H and O–H groups in total. The Labute approximate surface area is 116 Å². The Morgan fingerprint density at radius 2 is 2.30 bits per heavy atom. The quantitative estimate of drug-likeness (QED) is 0.513. The lowest BCUT2D eigenvalue weighted by Gasteiger charge is -2.41. The van der Waals surface area contributed by atoms with Gasteiger partial charge < -0.3 is 15.7 Å². The highest BCUT2D eigenvalue weighted by Gasteiger charge is 2.38. The number of aliphatic hydroxyl groups excluding tert-OH is 1. The lowest BCUT2D eigenvalue weighted by molar-refractivity contribution is -0.384. The molecule has 0 amide bonds. The molecule has 0 bridgehead atoms. The second-order valence-electron chi connectivity index (χ2n) is 5.03. The molecule has 1 aromatic heterocycles. The van der Waals surface area contributed by atoms with Gasteiger partial charge in [-0.05, 0) is 25.7 Å². The molecule has 0 aliphatic heterocycles. The highest BCUT2D eigenvalue weighted by Crippen LogP contribution is 2.36. The molecule has 20 heavy (non-hydrogen) atoms. The molecule has 0 radical (unpaired) electrons. The van der Waals surface area contributed by atoms with Gasteiger partial charge in [-0.3, -0.25) is 10.1 Å². The van der Waals surface area contributed by atoms with E-state index in [2.05, 4.69) is 20.6 Å². The summed E-state index contributed by atoms with van der Waals surface area (Å²) in [5.74, 6) is 0.518. The minimum atomic E-state index is -0.518. The molecule has 0 spiro atoms. The largest absolute Gasteiger partial charge is 0.394 e. The van der Waals surface area contributed by atoms with Crippen molar-refractivity contribution in [2.24, 2.45) is 0 Å². The number of aliphatic hydroxyl groups is 1. The van der Waals surface area contributed by atoms with Crippen molar-refractivity contribution in [1.29, 1.82) is 0 Å². The van der Waals surface area contributed by atoms with E-state index in [1.54, 1.807) is 0 Å². The molecule has 110 valence electrons. The van der Waals surface area contributed by atoms with E-state index >= 15 is 0 Å². The minimum absolute atomic E-state index is 0.0636. The number of nitrogens with one attached hydrogen (secondary N) is 2. The molecule has 2 rings (SSSR count). The van der Waals surface area contributed by atoms with Crippen LogP contribution in [-0.2, 0) is 0 Å². The molecule has 0 aromatic carbocycles. The first-order chi connectivity index (χ1) is 9.60. The van der Waals surface area contributed by atoms with Gasteiger partial charge in [-0.2, -0.15) is 4.98 Å². The molecule has 1 aliphatic carbocycles. The first kappa shape index (κ1) is 14.4. The van der Waals surface area contributed by atoms with Crippen molar-refractivity contribution in [2.45, 2.75) is 38.1 Å². The number of aromatic nitrogens is 2. The predicted octanol–water partition coefficient (Wildman–Crippen LogP) is 1.53. The summed E-state index contributed by atoms with van der Waals surface area (Å²) in [6, 6.07) is 0. The molecule has 0 unspecified atom stereocenters. The molecule has 8 heteroatoms. The van der Waals surface area contributed by atoms with E-state index in [0.717, 1.165) is 25.7 Å². The van der Waals surface area contributed by atoms with Crippen molar-refractivity contribution in [3.8, 4) is 0 Å². The number of rotatable bonds is 7. The third-order valence-corrected chi connectivity index (χ3v) is 3.50. The fourth-order valence-electron chi connectivity index (χ4n) is 2.10. The average molecular weight is 281 g/mol. The van der Waals surface area contributed by atoms with Crippen molar-refractivity contribution in [3.63, 3.8) is 0 Å². The summed E-state index contributed by atoms with van der Waals surface area (Å²) in [5.41, 5.74) is -0.659. The van der Waals surface area contributed by atoms with E-state index in [4.69, 9.17) is 0 Å². The number of nitro groups is 1. The summed E-state index contributed by atoms with van der Waals surface area (Å²) >= 11 is 0. The zero-order valence-electron chi connectivity index (χ0n) is 11.4. The number of hydrogen-bond donors (Lipinski definition) is 3. The fourth-order valence-corrected chi connectivity index (χ4v) is 2.10. The third-order valence-electron chi connectivity index (χ3n) is 3.50. The van der Waals surface area contributed by atoms with E-state index in [1.165, 1.54) is 6.20 Å². The highest BCUT2D eigenvalue weighted by molar-refractivity contribution is 5.58. The summed E-state index contributed by atoms with van der Waals surface area (Å²) < 4.78 is 0. The van der Waals surface area contributed by atoms with E-state index in [-0.39, 0.29) is 18.1 Å². The van der Waals surface area contributed by atoms with E-state index in [1.807, 2.05) is 6.92 Å². The van der Waals surface area contributed by atoms with Gasteiger partial charge in [0.2, 0.25) is 11.8 Å². The molecule has 8 nitrogen and oxygen atoms in total. The second-order valence-corrected chi connectivity index (χ2v) is 5.03. The van der Waals surface area contributed by atoms with E-state index in [0.29, 0.717) is 12.5 Å². The Morgan fingerprint density at radius 3 is 2.80 bits per heavy atom. The zero-order valence-corrected chi connectivity index (χ0v) is 11.4. The van der Waals surface area contributed by atoms with Crippen LogP contribution in [0.4, 0.5) is 17.5 Å². The number of anilines is 2. The van der Waals surface area contributed by atoms with Crippen LogP contribution in [0.1, 0.15) is 32.6 Å². The molecule has 1 heterocycles. The van der Waals surface area contributed by atoms with Gasteiger partial charge in [0, 0.05) is 6.54 Å². The lowest BCUT2D eigenvalue weighted by atomic mass is 9.77. The molecule has 1 aromatic rings. The van der Waals surface area contributed by atoms with Gasteiger partial charge >= 0.3 is 5.69 Å². The monoisotopic (exact) mass is 281 g/mol. The van der Waals surface area contributed by atoms with Crippen LogP contribution in [0.5, 0.6) is 0 Å². The van der Waals surface area contributed by atoms with Gasteiger partial charge in [0.1, 0.15) is 6.20 Å². The van der Waals surface area contributed by atoms with Gasteiger partial charge in [-0.25, -0.2) is 4.98 Å². The predicted molar refractivity (Wildman–Crippen MR) is 74.8 cm³/mol. The van der Waals surface area contributed by atoms with Crippen LogP contribution in [-0.4, -0.2) is 38.7 Å². The first-order valence-corrected chi connectivity index (χ1v) is 6.74. The average Bonchev–Trinajstić information content (AvgIpc) is 2.40. The molecule has 1 fully saturated rings. The molecular weight excluding hydrogens is 262 g/mol. The van der Waals surface area contributed by atoms with Gasteiger partial charge in [-0.1, -0.05) is 6.92 Å². The normalized spacial score (nSPS) is 16.3. The minimum Gasteiger partial charge on any atom is -0.394 e. The van der Waals surface area contributed by atoms with Gasteiger partial charge in [0.15, 0.2) is 0 Å². The molecular formula is C12H19N5O3. The maximum atomic E-state index is 11.0. The molecule has 1 aliphatic rings. The maximum absolute atomic E-state index is 11.0. The van der Waals surface area contributed by atoms with Crippen LogP contribution in [0.3, 0.4) is 0 Å². The van der Waals surface area contributed by atoms with E-state index < -0.39 is 10.5 Å². The smallest absolute Gasteiger partial charge is 0.329 e. The lowest BCUT2D eigenvalue weighted by Crippen LogP contribution is -2.48. The topological polar surface area (TPSA) is 113 Å². The van der Waals surface area contributed by atoms with Crippen LogP contribution in [0.2, 0.25) is 0 Å². The molecule has 1 saturated carbocycles. The maximum Gasteiger partial charge on any atom is 0.329 e. The van der Waals surface area contributed by atoms with Crippen molar-refractivity contribution in [1.82, 2.24) is 9.97 Å². The Morgan fingerprint density at radius 1 is 1.55 bits per heavy atom. The Hall–Kier alpha value is -1.96. The third kappa shape index (κ3) is 2.96. The second kappa shape index (κ2) is 6.00.